The molecule has 1 aromatic carbocycles. The van der Waals surface area contributed by atoms with Gasteiger partial charge in [0, 0.05) is 18.7 Å². The maximum Gasteiger partial charge on any atom is 0.253 e. The number of carbonyl (C=O) groups excluding carboxylic acids is 1. The monoisotopic (exact) mass is 275 g/mol. The molecule has 20 heavy (non-hydrogen) atoms. The van der Waals surface area contributed by atoms with Crippen LogP contribution in [0.5, 0.6) is 5.75 Å². The fraction of sp³-hybridized carbons (Fsp3) is 0.562. The Morgan fingerprint density at radius 2 is 2.15 bits per heavy atom. The number of hydrogen-bond acceptors (Lipinski definition) is 3. The molecule has 1 N–H and O–H groups in total. The quantitative estimate of drug-likeness (QED) is 0.856. The van der Waals surface area contributed by atoms with Crippen molar-refractivity contribution in [2.45, 2.75) is 31.8 Å². The fourth-order valence-electron chi connectivity index (χ4n) is 3.41. The Morgan fingerprint density at radius 1 is 1.40 bits per heavy atom. The summed E-state index contributed by atoms with van der Waals surface area (Å²) in [5.74, 6) is 0.801. The van der Waals surface area contributed by atoms with Crippen LogP contribution in [0.15, 0.2) is 24.3 Å². The summed E-state index contributed by atoms with van der Waals surface area (Å²) >= 11 is 0. The van der Waals surface area contributed by atoms with E-state index in [-0.39, 0.29) is 17.3 Å². The van der Waals surface area contributed by atoms with Crippen LogP contribution in [-0.2, 0) is 4.74 Å². The lowest BCUT2D eigenvalue weighted by atomic mass is 9.87. The Balaban J connectivity index is 1.73. The van der Waals surface area contributed by atoms with Gasteiger partial charge in [0.15, 0.2) is 0 Å². The van der Waals surface area contributed by atoms with Crippen LogP contribution in [0.1, 0.15) is 36.5 Å². The summed E-state index contributed by atoms with van der Waals surface area (Å²) in [5, 5.41) is 9.30. The molecular formula is C16H21NO3. The molecule has 1 amide bonds. The Bertz CT molecular complexity index is 495. The van der Waals surface area contributed by atoms with E-state index in [1.54, 1.807) is 24.3 Å². The van der Waals surface area contributed by atoms with E-state index in [0.717, 1.165) is 32.4 Å². The molecule has 2 heterocycles. The van der Waals surface area contributed by atoms with Gasteiger partial charge in [-0.25, -0.2) is 0 Å². The number of amides is 1. The number of benzene rings is 1. The lowest BCUT2D eigenvalue weighted by Crippen LogP contribution is -2.50. The summed E-state index contributed by atoms with van der Waals surface area (Å²) in [4.78, 5) is 14.4. The standard InChI is InChI=1S/C16H21NO3/c1-12-9-16(20-10-12)7-2-8-17(11-16)15(19)13-3-5-14(18)6-4-13/h3-6,12,18H,2,7-11H2,1H3/t12-,16-/m1/s1. The zero-order valence-corrected chi connectivity index (χ0v) is 11.8. The summed E-state index contributed by atoms with van der Waals surface area (Å²) in [6.07, 6.45) is 3.10. The molecule has 108 valence electrons. The highest BCUT2D eigenvalue weighted by Crippen LogP contribution is 2.37. The van der Waals surface area contributed by atoms with Gasteiger partial charge in [0.05, 0.1) is 12.2 Å². The van der Waals surface area contributed by atoms with Crippen molar-refractivity contribution in [2.75, 3.05) is 19.7 Å². The third-order valence-electron chi connectivity index (χ3n) is 4.34. The number of carbonyl (C=O) groups is 1. The van der Waals surface area contributed by atoms with Crippen LogP contribution in [0.3, 0.4) is 0 Å². The summed E-state index contributed by atoms with van der Waals surface area (Å²) < 4.78 is 6.00. The molecule has 2 saturated heterocycles. The van der Waals surface area contributed by atoms with E-state index in [4.69, 9.17) is 4.74 Å². The number of phenolic OH excluding ortho intramolecular Hbond substituents is 1. The third kappa shape index (κ3) is 2.52. The molecule has 2 atom stereocenters. The first-order chi connectivity index (χ1) is 9.58. The molecule has 0 bridgehead atoms. The van der Waals surface area contributed by atoms with Gasteiger partial charge in [0.1, 0.15) is 5.75 Å². The molecule has 2 aliphatic heterocycles. The molecule has 0 aliphatic carbocycles. The van der Waals surface area contributed by atoms with E-state index in [0.29, 0.717) is 18.0 Å². The minimum Gasteiger partial charge on any atom is -0.508 e. The van der Waals surface area contributed by atoms with Crippen LogP contribution in [0.2, 0.25) is 0 Å². The topological polar surface area (TPSA) is 49.8 Å². The molecule has 1 spiro atoms. The molecule has 2 fully saturated rings. The van der Waals surface area contributed by atoms with Crippen molar-refractivity contribution < 1.29 is 14.6 Å². The van der Waals surface area contributed by atoms with Crippen LogP contribution in [0.4, 0.5) is 0 Å². The number of rotatable bonds is 1. The minimum absolute atomic E-state index is 0.0345. The van der Waals surface area contributed by atoms with Crippen LogP contribution < -0.4 is 0 Å². The summed E-state index contributed by atoms with van der Waals surface area (Å²) in [6, 6.07) is 6.47. The van der Waals surface area contributed by atoms with Gasteiger partial charge in [-0.3, -0.25) is 4.79 Å². The lowest BCUT2D eigenvalue weighted by Gasteiger charge is -2.39. The molecule has 0 unspecified atom stereocenters. The van der Waals surface area contributed by atoms with Crippen molar-refractivity contribution in [1.29, 1.82) is 0 Å². The number of aromatic hydroxyl groups is 1. The first kappa shape index (κ1) is 13.4. The predicted molar refractivity (Wildman–Crippen MR) is 75.7 cm³/mol. The Kier molecular flexibility index (Phi) is 3.42. The predicted octanol–water partition coefficient (Wildman–Crippen LogP) is 2.42. The molecule has 4 nitrogen and oxygen atoms in total. The molecule has 1 aromatic rings. The Labute approximate surface area is 119 Å². The number of hydrogen-bond donors (Lipinski definition) is 1. The van der Waals surface area contributed by atoms with Crippen LogP contribution >= 0.6 is 0 Å². The highest BCUT2D eigenvalue weighted by atomic mass is 16.5. The second-order valence-electron chi connectivity index (χ2n) is 6.18. The maximum absolute atomic E-state index is 12.5. The lowest BCUT2D eigenvalue weighted by molar-refractivity contribution is -0.0449. The van der Waals surface area contributed by atoms with E-state index in [9.17, 15) is 9.90 Å². The molecule has 2 aliphatic rings. The van der Waals surface area contributed by atoms with Crippen molar-refractivity contribution in [3.8, 4) is 5.75 Å². The first-order valence-electron chi connectivity index (χ1n) is 7.30. The summed E-state index contributed by atoms with van der Waals surface area (Å²) in [6.45, 7) is 4.49. The Morgan fingerprint density at radius 3 is 2.80 bits per heavy atom. The normalized spacial score (nSPS) is 29.9. The maximum atomic E-state index is 12.5. The minimum atomic E-state index is -0.121. The van der Waals surface area contributed by atoms with Crippen LogP contribution in [0, 0.1) is 5.92 Å². The van der Waals surface area contributed by atoms with Gasteiger partial charge in [-0.2, -0.15) is 0 Å². The van der Waals surface area contributed by atoms with Gasteiger partial charge in [-0.05, 0) is 49.4 Å². The molecule has 0 radical (unpaired) electrons. The number of likely N-dealkylation sites (tertiary alicyclic amines) is 1. The van der Waals surface area contributed by atoms with Crippen molar-refractivity contribution in [3.63, 3.8) is 0 Å². The average molecular weight is 275 g/mol. The van der Waals surface area contributed by atoms with E-state index in [1.165, 1.54) is 0 Å². The van der Waals surface area contributed by atoms with Gasteiger partial charge >= 0.3 is 0 Å². The van der Waals surface area contributed by atoms with Crippen molar-refractivity contribution >= 4 is 5.91 Å². The van der Waals surface area contributed by atoms with E-state index in [1.807, 2.05) is 4.90 Å². The highest BCUT2D eigenvalue weighted by Gasteiger charge is 2.43. The van der Waals surface area contributed by atoms with E-state index >= 15 is 0 Å². The zero-order valence-electron chi connectivity index (χ0n) is 11.8. The van der Waals surface area contributed by atoms with Crippen LogP contribution in [-0.4, -0.2) is 41.2 Å². The van der Waals surface area contributed by atoms with Gasteiger partial charge in [-0.1, -0.05) is 6.92 Å². The SMILES string of the molecule is C[C@H]1CO[C@]2(CCCN(C(=O)c3ccc(O)cc3)C2)C1. The highest BCUT2D eigenvalue weighted by molar-refractivity contribution is 5.94. The molecule has 0 saturated carbocycles. The van der Waals surface area contributed by atoms with Gasteiger partial charge < -0.3 is 14.7 Å². The smallest absolute Gasteiger partial charge is 0.253 e. The van der Waals surface area contributed by atoms with Crippen molar-refractivity contribution in [3.05, 3.63) is 29.8 Å². The molecular weight excluding hydrogens is 254 g/mol. The second-order valence-corrected chi connectivity index (χ2v) is 6.18. The number of phenols is 1. The van der Waals surface area contributed by atoms with E-state index in [2.05, 4.69) is 6.92 Å². The first-order valence-corrected chi connectivity index (χ1v) is 7.30. The second kappa shape index (κ2) is 5.09. The average Bonchev–Trinajstić information content (AvgIpc) is 2.79. The van der Waals surface area contributed by atoms with Crippen molar-refractivity contribution in [2.24, 2.45) is 5.92 Å². The fourth-order valence-corrected chi connectivity index (χ4v) is 3.41. The van der Waals surface area contributed by atoms with Gasteiger partial charge in [-0.15, -0.1) is 0 Å². The molecule has 3 rings (SSSR count). The summed E-state index contributed by atoms with van der Waals surface area (Å²) in [5.41, 5.74) is 0.510. The zero-order chi connectivity index (χ0) is 14.2. The molecule has 4 heteroatoms. The number of ether oxygens (including phenoxy) is 1. The summed E-state index contributed by atoms with van der Waals surface area (Å²) in [7, 11) is 0. The van der Waals surface area contributed by atoms with Crippen LogP contribution in [0.25, 0.3) is 0 Å². The number of piperidine rings is 1. The van der Waals surface area contributed by atoms with E-state index < -0.39 is 0 Å². The Hall–Kier alpha value is -1.55. The third-order valence-corrected chi connectivity index (χ3v) is 4.34. The van der Waals surface area contributed by atoms with Crippen molar-refractivity contribution in [1.82, 2.24) is 4.90 Å². The molecule has 0 aromatic heterocycles. The van der Waals surface area contributed by atoms with Gasteiger partial charge in [0.25, 0.3) is 5.91 Å². The van der Waals surface area contributed by atoms with Gasteiger partial charge in [0.2, 0.25) is 0 Å². The number of nitrogens with zero attached hydrogens (tertiary/aromatic N) is 1. The largest absolute Gasteiger partial charge is 0.508 e.